The van der Waals surface area contributed by atoms with E-state index in [1.807, 2.05) is 103 Å². The van der Waals surface area contributed by atoms with E-state index in [9.17, 15) is 0 Å². The summed E-state index contributed by atoms with van der Waals surface area (Å²) in [5, 5.41) is 21.3. The highest BCUT2D eigenvalue weighted by molar-refractivity contribution is 6.11. The van der Waals surface area contributed by atoms with Crippen LogP contribution in [0.4, 0.5) is 0 Å². The summed E-state index contributed by atoms with van der Waals surface area (Å²) in [5.74, 6) is 4.59. The molecule has 0 spiro atoms. The van der Waals surface area contributed by atoms with Gasteiger partial charge in [0, 0.05) is 56.9 Å². The molecule has 586 valence electrons. The lowest BCUT2D eigenvalue weighted by atomic mass is 9.90. The smallest absolute Gasteiger partial charge is 0.202 e. The second-order valence-corrected chi connectivity index (χ2v) is 31.8. The average Bonchev–Trinajstić information content (AvgIpc) is 0.756. The average molecular weight is 1610 g/mol. The molecule has 0 aliphatic carbocycles. The Morgan fingerprint density at radius 2 is 0.357 bits per heavy atom. The molecule has 0 saturated carbocycles. The van der Waals surface area contributed by atoms with Crippen LogP contribution in [-0.4, -0.2) is 54.8 Å². The summed E-state index contributed by atoms with van der Waals surface area (Å²) < 4.78 is 0. The van der Waals surface area contributed by atoms with E-state index in [0.717, 1.165) is 105 Å². The topological polar surface area (TPSA) is 142 Å². The minimum Gasteiger partial charge on any atom is -0.244 e. The lowest BCUT2D eigenvalue weighted by Crippen LogP contribution is -2.05. The van der Waals surface area contributed by atoms with E-state index < -0.39 is 0 Å². The third-order valence-electron chi connectivity index (χ3n) is 23.9. The third kappa shape index (κ3) is 14.2. The SMILES string of the molecule is c1ccc(-c2nc(-c3ccccc3)nc(-c3nc(-c4ccccc4)nc(-c4cc(-c5cccc6cc7ccccc7cc56)cc(-c5cccc6cc7ccccc7cc56)c4)n3)n2)cc1.c1ccc2cc3c(-c4cc(-c5nc(-c6ccc(-c7cncnc7)cc6)nc(-c6cccc7ccccc67)n5)cc(-c5cccc6cc7ccccc7cc56)c4)cccc3cc2c1. The van der Waals surface area contributed by atoms with Crippen LogP contribution in [0.2, 0.25) is 0 Å². The van der Waals surface area contributed by atoms with Gasteiger partial charge in [0.05, 0.1) is 0 Å². The van der Waals surface area contributed by atoms with E-state index in [0.29, 0.717) is 52.4 Å². The molecule has 0 aliphatic rings. The summed E-state index contributed by atoms with van der Waals surface area (Å²) in [4.78, 5) is 55.0. The third-order valence-corrected chi connectivity index (χ3v) is 23.9. The molecule has 0 bridgehead atoms. The summed E-state index contributed by atoms with van der Waals surface area (Å²) in [7, 11) is 0. The Labute approximate surface area is 725 Å². The molecule has 11 nitrogen and oxygen atoms in total. The maximum absolute atomic E-state index is 5.35. The predicted molar refractivity (Wildman–Crippen MR) is 517 cm³/mol. The lowest BCUT2D eigenvalue weighted by Gasteiger charge is -2.16. The Morgan fingerprint density at radius 1 is 0.119 bits per heavy atom. The summed E-state index contributed by atoms with van der Waals surface area (Å²) in [6.07, 6.45) is 5.19. The summed E-state index contributed by atoms with van der Waals surface area (Å²) >= 11 is 0. The molecule has 0 amide bonds. The first kappa shape index (κ1) is 73.9. The van der Waals surface area contributed by atoms with Crippen LogP contribution in [0.5, 0.6) is 0 Å². The van der Waals surface area contributed by atoms with Crippen molar-refractivity contribution in [3.05, 3.63) is 431 Å². The Morgan fingerprint density at radius 3 is 0.698 bits per heavy atom. The Kier molecular flexibility index (Phi) is 18.6. The van der Waals surface area contributed by atoms with E-state index in [1.54, 1.807) is 6.33 Å². The van der Waals surface area contributed by atoms with Gasteiger partial charge in [0.15, 0.2) is 40.8 Å². The number of fused-ring (bicyclic) bond motifs is 9. The summed E-state index contributed by atoms with van der Waals surface area (Å²) in [6, 6.07) is 145. The number of nitrogens with zero attached hydrogens (tertiary/aromatic N) is 11. The standard InChI is InChI=1S/C58H36N6.C57H35N5/c1-4-16-37(17-5-1)53-59-54(38-18-6-2-7-19-38)62-57(61-53)58-63-55(39-20-8-3-9-21-39)60-56(64-58)48-33-46(49-28-14-26-44-30-40-22-10-12-24-42(40)35-51(44)49)32-47(34-48)50-29-15-27-45-31-41-23-11-13-25-43(41)36-52(45)50;1-3-13-41-31-53-43(26-39(41)11-1)16-8-19-50(53)45-28-46(51-20-9-17-44-27-40-12-2-4-14-42(40)32-54(44)51)30-47(29-45)56-60-55(38-24-22-36(23-25-38)48-33-58-35-59-34-48)61-57(62-56)52-21-7-15-37-10-5-6-18-49(37)52/h1-36H;1-35H. The molecule has 0 atom stereocenters. The van der Waals surface area contributed by atoms with Gasteiger partial charge in [0.2, 0.25) is 11.6 Å². The Balaban J connectivity index is 0.000000145. The summed E-state index contributed by atoms with van der Waals surface area (Å²) in [6.45, 7) is 0. The van der Waals surface area contributed by atoms with Crippen molar-refractivity contribution >= 4 is 97.0 Å². The van der Waals surface area contributed by atoms with Crippen LogP contribution < -0.4 is 0 Å². The van der Waals surface area contributed by atoms with Gasteiger partial charge in [-0.3, -0.25) is 0 Å². The fourth-order valence-electron chi connectivity index (χ4n) is 17.7. The molecule has 0 aliphatic heterocycles. The number of aromatic nitrogens is 11. The van der Waals surface area contributed by atoms with Gasteiger partial charge >= 0.3 is 0 Å². The number of rotatable bonds is 13. The highest BCUT2D eigenvalue weighted by Crippen LogP contribution is 2.44. The molecule has 4 heterocycles. The quantitative estimate of drug-likeness (QED) is 0.102. The van der Waals surface area contributed by atoms with Crippen molar-refractivity contribution in [2.45, 2.75) is 0 Å². The van der Waals surface area contributed by atoms with Gasteiger partial charge in [-0.2, -0.15) is 0 Å². The largest absolute Gasteiger partial charge is 0.244 e. The molecular formula is C115H71N11. The van der Waals surface area contributed by atoms with Crippen molar-refractivity contribution < 1.29 is 0 Å². The van der Waals surface area contributed by atoms with Crippen LogP contribution in [0.3, 0.4) is 0 Å². The van der Waals surface area contributed by atoms with Crippen molar-refractivity contribution in [2.24, 2.45) is 0 Å². The Bertz CT molecular complexity index is 8060. The molecule has 20 aromatic carbocycles. The lowest BCUT2D eigenvalue weighted by molar-refractivity contribution is 1.00. The molecule has 0 radical (unpaired) electrons. The zero-order valence-electron chi connectivity index (χ0n) is 67.9. The zero-order valence-corrected chi connectivity index (χ0v) is 67.9. The number of hydrogen-bond acceptors (Lipinski definition) is 11. The minimum atomic E-state index is 0.348. The molecule has 0 N–H and O–H groups in total. The van der Waals surface area contributed by atoms with Crippen molar-refractivity contribution in [3.63, 3.8) is 0 Å². The molecule has 0 unspecified atom stereocenters. The normalized spacial score (nSPS) is 11.5. The predicted octanol–water partition coefficient (Wildman–Crippen LogP) is 28.8. The van der Waals surface area contributed by atoms with Gasteiger partial charge in [0.25, 0.3) is 0 Å². The molecule has 0 fully saturated rings. The van der Waals surface area contributed by atoms with E-state index in [-0.39, 0.29) is 0 Å². The highest BCUT2D eigenvalue weighted by Gasteiger charge is 2.24. The first-order chi connectivity index (χ1) is 62.3. The van der Waals surface area contributed by atoms with Gasteiger partial charge in [-0.05, 0) is 232 Å². The second kappa shape index (κ2) is 31.8. The van der Waals surface area contributed by atoms with Crippen LogP contribution in [0, 0.1) is 0 Å². The van der Waals surface area contributed by atoms with Crippen molar-refractivity contribution in [1.29, 1.82) is 0 Å². The fraction of sp³-hybridized carbons (Fsp3) is 0. The molecular weight excluding hydrogens is 1540 g/mol. The first-order valence-electron chi connectivity index (χ1n) is 42.1. The van der Waals surface area contributed by atoms with Crippen LogP contribution in [0.25, 0.3) is 244 Å². The van der Waals surface area contributed by atoms with Crippen molar-refractivity contribution in [1.82, 2.24) is 54.8 Å². The van der Waals surface area contributed by atoms with Crippen molar-refractivity contribution in [2.75, 3.05) is 0 Å². The molecule has 4 aromatic heterocycles. The van der Waals surface area contributed by atoms with Gasteiger partial charge in [0.1, 0.15) is 6.33 Å². The van der Waals surface area contributed by atoms with E-state index >= 15 is 0 Å². The zero-order chi connectivity index (χ0) is 83.4. The van der Waals surface area contributed by atoms with E-state index in [1.165, 1.54) is 86.2 Å². The van der Waals surface area contributed by atoms with E-state index in [2.05, 4.69) is 331 Å². The van der Waals surface area contributed by atoms with Crippen LogP contribution in [-0.2, 0) is 0 Å². The molecule has 126 heavy (non-hydrogen) atoms. The van der Waals surface area contributed by atoms with E-state index in [4.69, 9.17) is 44.9 Å². The maximum atomic E-state index is 5.35. The van der Waals surface area contributed by atoms with Crippen LogP contribution in [0.15, 0.2) is 431 Å². The molecule has 24 aromatic rings. The number of hydrogen-bond donors (Lipinski definition) is 0. The molecule has 0 saturated heterocycles. The second-order valence-electron chi connectivity index (χ2n) is 31.8. The van der Waals surface area contributed by atoms with Gasteiger partial charge in [-0.15, -0.1) is 0 Å². The minimum absolute atomic E-state index is 0.348. The Hall–Kier alpha value is -17.2. The van der Waals surface area contributed by atoms with Gasteiger partial charge in [-0.25, -0.2) is 54.8 Å². The summed E-state index contributed by atoms with van der Waals surface area (Å²) in [5.41, 5.74) is 16.9. The van der Waals surface area contributed by atoms with Crippen molar-refractivity contribution in [3.8, 4) is 147 Å². The monoisotopic (exact) mass is 1610 g/mol. The first-order valence-corrected chi connectivity index (χ1v) is 42.1. The van der Waals surface area contributed by atoms with Gasteiger partial charge < -0.3 is 0 Å². The maximum Gasteiger partial charge on any atom is 0.202 e. The molecule has 24 rings (SSSR count). The fourth-order valence-corrected chi connectivity index (χ4v) is 17.7. The van der Waals surface area contributed by atoms with Crippen LogP contribution in [0.1, 0.15) is 0 Å². The number of benzene rings is 20. The van der Waals surface area contributed by atoms with Crippen LogP contribution >= 0.6 is 0 Å². The molecule has 11 heteroatoms. The van der Waals surface area contributed by atoms with Gasteiger partial charge in [-0.1, -0.05) is 328 Å². The highest BCUT2D eigenvalue weighted by atomic mass is 15.1.